The summed E-state index contributed by atoms with van der Waals surface area (Å²) in [6, 6.07) is 1.66. The van der Waals surface area contributed by atoms with E-state index < -0.39 is 5.97 Å². The van der Waals surface area contributed by atoms with Crippen molar-refractivity contribution in [3.8, 4) is 0 Å². The minimum Gasteiger partial charge on any atom is -0.465 e. The summed E-state index contributed by atoms with van der Waals surface area (Å²) >= 11 is 0. The Hall–Kier alpha value is -1.33. The number of aryl methyl sites for hydroxylation is 1. The van der Waals surface area contributed by atoms with Gasteiger partial charge in [0.1, 0.15) is 23.6 Å². The number of aliphatic hydroxyl groups excluding tert-OH is 1. The molecule has 0 saturated carbocycles. The van der Waals surface area contributed by atoms with Gasteiger partial charge in [-0.15, -0.1) is 24.0 Å². The third kappa shape index (κ3) is 6.65. The van der Waals surface area contributed by atoms with Crippen molar-refractivity contribution in [3.05, 3.63) is 23.2 Å². The van der Waals surface area contributed by atoms with Crippen LogP contribution in [-0.2, 0) is 16.0 Å². The number of nitrogens with zero attached hydrogens (tertiary/aromatic N) is 1. The van der Waals surface area contributed by atoms with Gasteiger partial charge in [-0.25, -0.2) is 9.79 Å². The number of hydrogen-bond acceptors (Lipinski definition) is 6. The topological polar surface area (TPSA) is 105 Å². The molecule has 1 atom stereocenters. The van der Waals surface area contributed by atoms with E-state index in [9.17, 15) is 9.90 Å². The third-order valence-electron chi connectivity index (χ3n) is 4.57. The molecule has 1 unspecified atom stereocenters. The Bertz CT molecular complexity index is 627. The average molecular weight is 495 g/mol. The number of ether oxygens (including phenoxy) is 2. The minimum absolute atomic E-state index is 0. The molecule has 1 aromatic rings. The SMILES string of the molecule is CCNC(=NCc1cc(C(=O)OC)c(C)o1)NCC1(CCO)CCOC1.I. The number of carbonyl (C=O) groups excluding carboxylic acids is 1. The molecule has 2 heterocycles. The fourth-order valence-electron chi connectivity index (χ4n) is 3.02. The fraction of sp³-hybridized carbons (Fsp3) is 0.667. The first-order valence-electron chi connectivity index (χ1n) is 8.92. The molecule has 2 rings (SSSR count). The maximum atomic E-state index is 11.7. The van der Waals surface area contributed by atoms with Crippen LogP contribution in [0.4, 0.5) is 0 Å². The zero-order valence-electron chi connectivity index (χ0n) is 16.2. The van der Waals surface area contributed by atoms with Crippen molar-refractivity contribution in [3.63, 3.8) is 0 Å². The van der Waals surface area contributed by atoms with Gasteiger partial charge in [-0.2, -0.15) is 0 Å². The van der Waals surface area contributed by atoms with Crippen LogP contribution in [0.15, 0.2) is 15.5 Å². The number of methoxy groups -OCH3 is 1. The van der Waals surface area contributed by atoms with Crippen molar-refractivity contribution in [1.82, 2.24) is 10.6 Å². The molecule has 1 aliphatic rings. The van der Waals surface area contributed by atoms with Crippen LogP contribution in [0, 0.1) is 12.3 Å². The lowest BCUT2D eigenvalue weighted by atomic mass is 9.84. The van der Waals surface area contributed by atoms with Gasteiger partial charge in [0.15, 0.2) is 5.96 Å². The summed E-state index contributed by atoms with van der Waals surface area (Å²) in [5, 5.41) is 15.8. The van der Waals surface area contributed by atoms with E-state index in [-0.39, 0.29) is 36.0 Å². The van der Waals surface area contributed by atoms with Gasteiger partial charge < -0.3 is 29.6 Å². The number of aliphatic hydroxyl groups is 1. The Balaban J connectivity index is 0.00000364. The Kier molecular flexibility index (Phi) is 10.1. The number of aliphatic imine (C=N–C) groups is 1. The molecule has 27 heavy (non-hydrogen) atoms. The van der Waals surface area contributed by atoms with Crippen molar-refractivity contribution in [2.75, 3.05) is 40.0 Å². The summed E-state index contributed by atoms with van der Waals surface area (Å²) in [5.74, 6) is 1.35. The number of hydrogen-bond donors (Lipinski definition) is 3. The number of furan rings is 1. The van der Waals surface area contributed by atoms with Crippen molar-refractivity contribution >= 4 is 35.9 Å². The third-order valence-corrected chi connectivity index (χ3v) is 4.57. The molecule has 8 nitrogen and oxygen atoms in total. The average Bonchev–Trinajstić information content (AvgIpc) is 3.24. The van der Waals surface area contributed by atoms with Gasteiger partial charge in [0.05, 0.1) is 13.7 Å². The van der Waals surface area contributed by atoms with E-state index in [1.165, 1.54) is 7.11 Å². The van der Waals surface area contributed by atoms with E-state index in [0.717, 1.165) is 19.6 Å². The lowest BCUT2D eigenvalue weighted by Gasteiger charge is -2.27. The number of esters is 1. The van der Waals surface area contributed by atoms with E-state index >= 15 is 0 Å². The Labute approximate surface area is 177 Å². The summed E-state index contributed by atoms with van der Waals surface area (Å²) in [7, 11) is 1.34. The first-order chi connectivity index (χ1) is 12.5. The van der Waals surface area contributed by atoms with E-state index in [2.05, 4.69) is 15.6 Å². The lowest BCUT2D eigenvalue weighted by Crippen LogP contribution is -2.44. The van der Waals surface area contributed by atoms with Gasteiger partial charge >= 0.3 is 5.97 Å². The first-order valence-corrected chi connectivity index (χ1v) is 8.92. The smallest absolute Gasteiger partial charge is 0.341 e. The van der Waals surface area contributed by atoms with Crippen molar-refractivity contribution in [2.24, 2.45) is 10.4 Å². The molecule has 1 aliphatic heterocycles. The molecule has 154 valence electrons. The molecule has 0 aliphatic carbocycles. The summed E-state index contributed by atoms with van der Waals surface area (Å²) in [5.41, 5.74) is 0.352. The quantitative estimate of drug-likeness (QED) is 0.219. The van der Waals surface area contributed by atoms with Crippen LogP contribution in [0.2, 0.25) is 0 Å². The van der Waals surface area contributed by atoms with Crippen molar-refractivity contribution in [1.29, 1.82) is 0 Å². The van der Waals surface area contributed by atoms with Crippen molar-refractivity contribution in [2.45, 2.75) is 33.2 Å². The number of carbonyl (C=O) groups is 1. The van der Waals surface area contributed by atoms with Crippen molar-refractivity contribution < 1.29 is 23.8 Å². The molecular formula is C18H30IN3O5. The molecule has 0 bridgehead atoms. The Morgan fingerprint density at radius 3 is 2.81 bits per heavy atom. The summed E-state index contributed by atoms with van der Waals surface area (Å²) in [4.78, 5) is 16.2. The van der Waals surface area contributed by atoms with Crippen LogP contribution in [0.1, 0.15) is 41.6 Å². The predicted octanol–water partition coefficient (Wildman–Crippen LogP) is 1.84. The molecule has 3 N–H and O–H groups in total. The van der Waals surface area contributed by atoms with Gasteiger partial charge in [-0.3, -0.25) is 0 Å². The summed E-state index contributed by atoms with van der Waals surface area (Å²) < 4.78 is 15.8. The van der Waals surface area contributed by atoms with Crippen LogP contribution >= 0.6 is 24.0 Å². The predicted molar refractivity (Wildman–Crippen MR) is 113 cm³/mol. The highest BCUT2D eigenvalue weighted by Gasteiger charge is 2.34. The molecule has 0 spiro atoms. The van der Waals surface area contributed by atoms with Crippen LogP contribution in [0.25, 0.3) is 0 Å². The fourth-order valence-corrected chi connectivity index (χ4v) is 3.02. The van der Waals surface area contributed by atoms with E-state index in [1.54, 1.807) is 13.0 Å². The molecule has 1 aromatic heterocycles. The lowest BCUT2D eigenvalue weighted by molar-refractivity contribution is 0.0599. The van der Waals surface area contributed by atoms with Gasteiger partial charge in [-0.05, 0) is 32.8 Å². The number of nitrogens with one attached hydrogen (secondary N) is 2. The van der Waals surface area contributed by atoms with Crippen LogP contribution in [0.3, 0.4) is 0 Å². The molecular weight excluding hydrogens is 465 g/mol. The number of halogens is 1. The maximum Gasteiger partial charge on any atom is 0.341 e. The van der Waals surface area contributed by atoms with Gasteiger partial charge in [0.25, 0.3) is 0 Å². The standard InChI is InChI=1S/C18H29N3O5.HI/c1-4-19-17(21-11-18(5-7-22)6-8-25-12-18)20-10-14-9-15(13(2)26-14)16(23)24-3;/h9,22H,4-8,10-12H2,1-3H3,(H2,19,20,21);1H. The molecule has 0 amide bonds. The highest BCUT2D eigenvalue weighted by atomic mass is 127. The normalized spacial score (nSPS) is 19.5. The second kappa shape index (κ2) is 11.5. The second-order valence-corrected chi connectivity index (χ2v) is 6.50. The number of rotatable bonds is 8. The molecule has 0 aromatic carbocycles. The van der Waals surface area contributed by atoms with Gasteiger partial charge in [-0.1, -0.05) is 0 Å². The minimum atomic E-state index is -0.418. The summed E-state index contributed by atoms with van der Waals surface area (Å²) in [6.45, 7) is 6.91. The van der Waals surface area contributed by atoms with Gasteiger partial charge in [0.2, 0.25) is 0 Å². The molecule has 1 fully saturated rings. The largest absolute Gasteiger partial charge is 0.465 e. The zero-order chi connectivity index (χ0) is 19.0. The maximum absolute atomic E-state index is 11.7. The zero-order valence-corrected chi connectivity index (χ0v) is 18.5. The van der Waals surface area contributed by atoms with E-state index in [1.807, 2.05) is 6.92 Å². The first kappa shape index (κ1) is 23.7. The van der Waals surface area contributed by atoms with Crippen LogP contribution in [0.5, 0.6) is 0 Å². The van der Waals surface area contributed by atoms with E-state index in [4.69, 9.17) is 13.9 Å². The molecule has 9 heteroatoms. The molecule has 0 radical (unpaired) electrons. The van der Waals surface area contributed by atoms with E-state index in [0.29, 0.717) is 49.2 Å². The Morgan fingerprint density at radius 1 is 1.44 bits per heavy atom. The monoisotopic (exact) mass is 495 g/mol. The Morgan fingerprint density at radius 2 is 2.22 bits per heavy atom. The van der Waals surface area contributed by atoms with Crippen LogP contribution in [-0.4, -0.2) is 57.1 Å². The second-order valence-electron chi connectivity index (χ2n) is 6.50. The number of guanidine groups is 1. The van der Waals surface area contributed by atoms with Crippen LogP contribution < -0.4 is 10.6 Å². The summed E-state index contributed by atoms with van der Waals surface area (Å²) in [6.07, 6.45) is 1.61. The highest BCUT2D eigenvalue weighted by Crippen LogP contribution is 2.31. The molecule has 1 saturated heterocycles. The van der Waals surface area contributed by atoms with Gasteiger partial charge in [0, 0.05) is 31.7 Å². The highest BCUT2D eigenvalue weighted by molar-refractivity contribution is 14.0.